The summed E-state index contributed by atoms with van der Waals surface area (Å²) in [5.74, 6) is 0.156. The van der Waals surface area contributed by atoms with Crippen LogP contribution in [0, 0.1) is 0 Å². The molecule has 2 aliphatic rings. The molecule has 0 fully saturated rings. The molecule has 97 valence electrons. The van der Waals surface area contributed by atoms with Crippen molar-refractivity contribution in [1.29, 1.82) is 0 Å². The van der Waals surface area contributed by atoms with Gasteiger partial charge in [-0.1, -0.05) is 18.2 Å². The Labute approximate surface area is 139 Å². The molecule has 1 aromatic rings. The zero-order chi connectivity index (χ0) is 13.4. The van der Waals surface area contributed by atoms with Gasteiger partial charge in [0.15, 0.2) is 0 Å². The van der Waals surface area contributed by atoms with E-state index < -0.39 is 10.3 Å². The van der Waals surface area contributed by atoms with Gasteiger partial charge < -0.3 is 10.1 Å². The fourth-order valence-corrected chi connectivity index (χ4v) is 2.40. The number of nitrogens with one attached hydrogen (secondary N) is 1. The number of fused-ring (bicyclic) bond motifs is 1. The Bertz CT molecular complexity index is 769. The molecular formula is C13H9NNaO4S. The maximum atomic E-state index is 11.8. The number of para-hydroxylation sites is 1. The second-order valence-electron chi connectivity index (χ2n) is 4.08. The molecule has 3 rings (SSSR count). The summed E-state index contributed by atoms with van der Waals surface area (Å²) in [5, 5.41) is 2.71. The topological polar surface area (TPSA) is 72.5 Å². The van der Waals surface area contributed by atoms with Crippen LogP contribution in [0.25, 0.3) is 5.57 Å². The Balaban J connectivity index is 0.00000147. The van der Waals surface area contributed by atoms with Crippen LogP contribution >= 0.6 is 0 Å². The summed E-state index contributed by atoms with van der Waals surface area (Å²) in [6.07, 6.45) is 3.41. The van der Waals surface area contributed by atoms with Crippen molar-refractivity contribution in [3.05, 3.63) is 47.7 Å². The molecule has 0 saturated heterocycles. The number of ether oxygens (including phenoxy) is 1. The summed E-state index contributed by atoms with van der Waals surface area (Å²) in [4.78, 5) is 11.8. The molecule has 1 radical (unpaired) electrons. The molecule has 5 nitrogen and oxygen atoms in total. The zero-order valence-electron chi connectivity index (χ0n) is 10.7. The number of benzene rings is 1. The van der Waals surface area contributed by atoms with E-state index in [2.05, 4.69) is 5.32 Å². The number of carbonyl (C=O) groups is 1. The minimum Gasteiger partial charge on any atom is -0.445 e. The van der Waals surface area contributed by atoms with Crippen LogP contribution in [0.1, 0.15) is 12.0 Å². The summed E-state index contributed by atoms with van der Waals surface area (Å²) in [6.45, 7) is 0. The standard InChI is InChI=1S/C13H9NO4S.Na/c15-13-10(9-3-1-2-4-11(9)14-13)7-8-5-6-12(18-8)19(16)17;/h1-5,7H,6H2,(H,14,15);. The molecule has 0 aromatic heterocycles. The van der Waals surface area contributed by atoms with E-state index in [9.17, 15) is 13.2 Å². The summed E-state index contributed by atoms with van der Waals surface area (Å²) < 4.78 is 26.7. The minimum atomic E-state index is -2.36. The number of rotatable bonds is 1. The molecule has 0 aliphatic carbocycles. The Kier molecular flexibility index (Phi) is 4.49. The average Bonchev–Trinajstić information content (AvgIpc) is 2.96. The maximum Gasteiger partial charge on any atom is 0.256 e. The van der Waals surface area contributed by atoms with E-state index in [1.165, 1.54) is 0 Å². The predicted molar refractivity (Wildman–Crippen MR) is 76.5 cm³/mol. The third-order valence-corrected chi connectivity index (χ3v) is 3.51. The van der Waals surface area contributed by atoms with E-state index in [0.29, 0.717) is 11.3 Å². The fourth-order valence-electron chi connectivity index (χ4n) is 2.01. The van der Waals surface area contributed by atoms with Gasteiger partial charge in [0.25, 0.3) is 16.2 Å². The molecule has 0 spiro atoms. The van der Waals surface area contributed by atoms with Crippen LogP contribution in [0.15, 0.2) is 42.2 Å². The SMILES string of the molecule is O=C1Nc2ccccc2C1=CC1=CCC(=S(=O)=O)O1.[Na]. The van der Waals surface area contributed by atoms with Crippen molar-refractivity contribution in [1.82, 2.24) is 0 Å². The Morgan fingerprint density at radius 3 is 2.70 bits per heavy atom. The van der Waals surface area contributed by atoms with Crippen LogP contribution in [0.2, 0.25) is 0 Å². The van der Waals surface area contributed by atoms with Gasteiger partial charge in [0, 0.05) is 47.2 Å². The van der Waals surface area contributed by atoms with Crippen molar-refractivity contribution in [3.8, 4) is 0 Å². The number of carbonyl (C=O) groups excluding carboxylic acids is 1. The summed E-state index contributed by atoms with van der Waals surface area (Å²) in [5.41, 5.74) is 2.00. The van der Waals surface area contributed by atoms with Gasteiger partial charge in [0.1, 0.15) is 5.76 Å². The Morgan fingerprint density at radius 2 is 2.00 bits per heavy atom. The third-order valence-electron chi connectivity index (χ3n) is 2.88. The van der Waals surface area contributed by atoms with E-state index in [1.54, 1.807) is 12.2 Å². The molecule has 0 unspecified atom stereocenters. The number of hydrogen-bond donors (Lipinski definition) is 1. The van der Waals surface area contributed by atoms with E-state index in [1.807, 2.05) is 24.3 Å². The first kappa shape index (κ1) is 15.1. The van der Waals surface area contributed by atoms with Gasteiger partial charge in [0.2, 0.25) is 5.05 Å². The Morgan fingerprint density at radius 1 is 1.25 bits per heavy atom. The number of allylic oxidation sites excluding steroid dienone is 1. The second-order valence-corrected chi connectivity index (χ2v) is 5.00. The molecule has 2 aliphatic heterocycles. The van der Waals surface area contributed by atoms with Gasteiger partial charge in [-0.05, 0) is 18.2 Å². The quantitative estimate of drug-likeness (QED) is 0.476. The van der Waals surface area contributed by atoms with E-state index >= 15 is 0 Å². The second kappa shape index (κ2) is 5.97. The van der Waals surface area contributed by atoms with Crippen LogP contribution in [0.3, 0.4) is 0 Å². The van der Waals surface area contributed by atoms with Crippen molar-refractivity contribution < 1.29 is 17.9 Å². The number of hydrogen-bond acceptors (Lipinski definition) is 4. The van der Waals surface area contributed by atoms with E-state index in [4.69, 9.17) is 4.74 Å². The molecular weight excluding hydrogens is 289 g/mol. The molecule has 0 bridgehead atoms. The molecule has 1 aromatic carbocycles. The van der Waals surface area contributed by atoms with Crippen molar-refractivity contribution in [2.24, 2.45) is 0 Å². The normalized spacial score (nSPS) is 18.0. The molecule has 20 heavy (non-hydrogen) atoms. The summed E-state index contributed by atoms with van der Waals surface area (Å²) >= 11 is 0. The van der Waals surface area contributed by atoms with Crippen LogP contribution < -0.4 is 5.32 Å². The van der Waals surface area contributed by atoms with Crippen LogP contribution in [-0.4, -0.2) is 48.9 Å². The molecule has 0 saturated carbocycles. The molecule has 7 heteroatoms. The summed E-state index contributed by atoms with van der Waals surface area (Å²) in [6, 6.07) is 7.30. The molecule has 2 heterocycles. The average molecular weight is 298 g/mol. The first-order chi connectivity index (χ1) is 9.15. The van der Waals surface area contributed by atoms with Gasteiger partial charge in [-0.2, -0.15) is 8.42 Å². The van der Waals surface area contributed by atoms with Gasteiger partial charge in [-0.3, -0.25) is 4.79 Å². The van der Waals surface area contributed by atoms with Crippen LogP contribution in [-0.2, 0) is 19.8 Å². The van der Waals surface area contributed by atoms with E-state index in [-0.39, 0.29) is 46.9 Å². The monoisotopic (exact) mass is 298 g/mol. The predicted octanol–water partition coefficient (Wildman–Crippen LogP) is 0.954. The minimum absolute atomic E-state index is 0. The molecule has 1 amide bonds. The van der Waals surface area contributed by atoms with Crippen LogP contribution in [0.4, 0.5) is 5.69 Å². The van der Waals surface area contributed by atoms with E-state index in [0.717, 1.165) is 11.3 Å². The zero-order valence-corrected chi connectivity index (χ0v) is 13.5. The number of anilines is 1. The third kappa shape index (κ3) is 2.73. The van der Waals surface area contributed by atoms with Gasteiger partial charge in [-0.15, -0.1) is 0 Å². The Hall–Kier alpha value is -1.34. The van der Waals surface area contributed by atoms with Gasteiger partial charge in [-0.25, -0.2) is 0 Å². The smallest absolute Gasteiger partial charge is 0.256 e. The first-order valence-corrected chi connectivity index (χ1v) is 6.68. The summed E-state index contributed by atoms with van der Waals surface area (Å²) in [7, 11) is -2.36. The van der Waals surface area contributed by atoms with Gasteiger partial charge in [0.05, 0.1) is 5.57 Å². The largest absolute Gasteiger partial charge is 0.445 e. The van der Waals surface area contributed by atoms with Crippen molar-refractivity contribution in [2.45, 2.75) is 6.42 Å². The number of amides is 1. The molecule has 1 N–H and O–H groups in total. The maximum absolute atomic E-state index is 11.8. The van der Waals surface area contributed by atoms with Crippen molar-refractivity contribution >= 4 is 62.1 Å². The van der Waals surface area contributed by atoms with Crippen molar-refractivity contribution in [3.63, 3.8) is 0 Å². The first-order valence-electron chi connectivity index (χ1n) is 5.61. The van der Waals surface area contributed by atoms with Gasteiger partial charge >= 0.3 is 0 Å². The van der Waals surface area contributed by atoms with Crippen LogP contribution in [0.5, 0.6) is 0 Å². The molecule has 0 atom stereocenters. The fraction of sp³-hybridized carbons (Fsp3) is 0.0769. The van der Waals surface area contributed by atoms with Crippen molar-refractivity contribution in [2.75, 3.05) is 5.32 Å².